The van der Waals surface area contributed by atoms with Crippen molar-refractivity contribution in [2.45, 2.75) is 6.42 Å². The summed E-state index contributed by atoms with van der Waals surface area (Å²) in [5.74, 6) is 0. The molecule has 2 rings (SSSR count). The molecule has 12 heavy (non-hydrogen) atoms. The first-order valence-electron chi connectivity index (χ1n) is 3.60. The van der Waals surface area contributed by atoms with Gasteiger partial charge in [0.05, 0.1) is 18.7 Å². The van der Waals surface area contributed by atoms with E-state index >= 15 is 0 Å². The predicted octanol–water partition coefficient (Wildman–Crippen LogP) is 0.865. The lowest BCUT2D eigenvalue weighted by Gasteiger charge is -1.95. The van der Waals surface area contributed by atoms with Gasteiger partial charge >= 0.3 is 0 Å². The zero-order valence-corrected chi connectivity index (χ0v) is 6.29. The molecule has 0 saturated heterocycles. The number of nitrogens with zero attached hydrogens (tertiary/aromatic N) is 3. The Hall–Kier alpha value is -1.52. The average Bonchev–Trinajstić information content (AvgIpc) is 2.53. The fraction of sp³-hybridized carbons (Fsp3) is 0.286. The number of fused-ring (bicyclic) bond motifs is 1. The highest BCUT2D eigenvalue weighted by molar-refractivity contribution is 5.71. The zero-order valence-electron chi connectivity index (χ0n) is 6.29. The number of H-pyrrole nitrogens is 1. The molecule has 0 atom stereocenters. The maximum atomic E-state index is 12.0. The van der Waals surface area contributed by atoms with Crippen LogP contribution in [-0.2, 0) is 6.42 Å². The van der Waals surface area contributed by atoms with E-state index in [1.807, 2.05) is 0 Å². The summed E-state index contributed by atoms with van der Waals surface area (Å²) < 4.78 is 12.0. The smallest absolute Gasteiger partial charge is 0.180 e. The van der Waals surface area contributed by atoms with Gasteiger partial charge in [0.25, 0.3) is 0 Å². The molecule has 0 aromatic carbocycles. The first-order chi connectivity index (χ1) is 5.92. The molecule has 0 aliphatic rings. The molecular weight excluding hydrogens is 159 g/mol. The Labute approximate surface area is 67.9 Å². The van der Waals surface area contributed by atoms with E-state index in [0.29, 0.717) is 17.8 Å². The molecule has 2 aromatic heterocycles. The first-order valence-corrected chi connectivity index (χ1v) is 3.60. The lowest BCUT2D eigenvalue weighted by atomic mass is 10.3. The van der Waals surface area contributed by atoms with E-state index in [4.69, 9.17) is 0 Å². The zero-order chi connectivity index (χ0) is 8.39. The molecule has 62 valence electrons. The third-order valence-electron chi connectivity index (χ3n) is 1.63. The molecular formula is C7H7FN4. The summed E-state index contributed by atoms with van der Waals surface area (Å²) in [7, 11) is 0. The van der Waals surface area contributed by atoms with Gasteiger partial charge in [-0.05, 0) is 0 Å². The van der Waals surface area contributed by atoms with Crippen LogP contribution in [0.15, 0.2) is 12.7 Å². The predicted molar refractivity (Wildman–Crippen MR) is 41.4 cm³/mol. The number of rotatable bonds is 2. The lowest BCUT2D eigenvalue weighted by Crippen LogP contribution is -1.94. The van der Waals surface area contributed by atoms with Crippen molar-refractivity contribution in [2.24, 2.45) is 0 Å². The van der Waals surface area contributed by atoms with Crippen LogP contribution >= 0.6 is 0 Å². The van der Waals surface area contributed by atoms with E-state index in [2.05, 4.69) is 19.9 Å². The maximum Gasteiger partial charge on any atom is 0.180 e. The molecule has 0 spiro atoms. The molecule has 2 heterocycles. The standard InChI is InChI=1S/C7H7FN4/c8-2-1-5-6-7(11-3-9-5)12-4-10-6/h3-4H,1-2H2,(H,9,10,11,12). The molecule has 0 amide bonds. The number of aryl methyl sites for hydroxylation is 1. The van der Waals surface area contributed by atoms with Crippen molar-refractivity contribution >= 4 is 11.2 Å². The fourth-order valence-electron chi connectivity index (χ4n) is 1.09. The van der Waals surface area contributed by atoms with Crippen molar-refractivity contribution in [2.75, 3.05) is 6.67 Å². The van der Waals surface area contributed by atoms with Gasteiger partial charge in [0.2, 0.25) is 0 Å². The molecule has 0 radical (unpaired) electrons. The van der Waals surface area contributed by atoms with Crippen molar-refractivity contribution in [3.63, 3.8) is 0 Å². The lowest BCUT2D eigenvalue weighted by molar-refractivity contribution is 0.492. The molecule has 0 saturated carbocycles. The first kappa shape index (κ1) is 7.15. The number of alkyl halides is 1. The molecule has 0 aliphatic carbocycles. The van der Waals surface area contributed by atoms with Gasteiger partial charge in [-0.1, -0.05) is 0 Å². The SMILES string of the molecule is FCCc1ncnc2nc[nH]c12. The van der Waals surface area contributed by atoms with Crippen molar-refractivity contribution in [1.29, 1.82) is 0 Å². The second-order valence-corrected chi connectivity index (χ2v) is 2.36. The highest BCUT2D eigenvalue weighted by Crippen LogP contribution is 2.09. The van der Waals surface area contributed by atoms with Gasteiger partial charge in [0.1, 0.15) is 11.8 Å². The number of nitrogens with one attached hydrogen (secondary N) is 1. The number of hydrogen-bond donors (Lipinski definition) is 1. The minimum atomic E-state index is -0.412. The van der Waals surface area contributed by atoms with E-state index in [1.165, 1.54) is 12.7 Å². The number of aromatic amines is 1. The van der Waals surface area contributed by atoms with Gasteiger partial charge in [-0.15, -0.1) is 0 Å². The van der Waals surface area contributed by atoms with E-state index in [-0.39, 0.29) is 0 Å². The summed E-state index contributed by atoms with van der Waals surface area (Å²) in [5, 5.41) is 0. The van der Waals surface area contributed by atoms with Gasteiger partial charge in [-0.25, -0.2) is 15.0 Å². The molecule has 4 nitrogen and oxygen atoms in total. The van der Waals surface area contributed by atoms with Crippen LogP contribution in [0.5, 0.6) is 0 Å². The monoisotopic (exact) mass is 166 g/mol. The summed E-state index contributed by atoms with van der Waals surface area (Å²) >= 11 is 0. The summed E-state index contributed by atoms with van der Waals surface area (Å²) in [5.41, 5.74) is 2.00. The van der Waals surface area contributed by atoms with E-state index in [9.17, 15) is 4.39 Å². The van der Waals surface area contributed by atoms with Gasteiger partial charge in [-0.2, -0.15) is 0 Å². The van der Waals surface area contributed by atoms with Gasteiger partial charge in [0, 0.05) is 6.42 Å². The summed E-state index contributed by atoms with van der Waals surface area (Å²) in [6.07, 6.45) is 3.23. The van der Waals surface area contributed by atoms with E-state index in [1.54, 1.807) is 0 Å². The van der Waals surface area contributed by atoms with Crippen LogP contribution in [-0.4, -0.2) is 26.6 Å². The van der Waals surface area contributed by atoms with Gasteiger partial charge < -0.3 is 4.98 Å². The maximum absolute atomic E-state index is 12.0. The summed E-state index contributed by atoms with van der Waals surface area (Å²) in [6.45, 7) is -0.412. The molecule has 2 aromatic rings. The number of halogens is 1. The third kappa shape index (κ3) is 1.03. The molecule has 0 unspecified atom stereocenters. The van der Waals surface area contributed by atoms with Crippen LogP contribution in [0.1, 0.15) is 5.69 Å². The van der Waals surface area contributed by atoms with Crippen molar-refractivity contribution in [3.05, 3.63) is 18.3 Å². The van der Waals surface area contributed by atoms with Crippen molar-refractivity contribution in [1.82, 2.24) is 19.9 Å². The molecule has 1 N–H and O–H groups in total. The Kier molecular flexibility index (Phi) is 1.69. The molecule has 0 bridgehead atoms. The second-order valence-electron chi connectivity index (χ2n) is 2.36. The Morgan fingerprint density at radius 3 is 3.08 bits per heavy atom. The third-order valence-corrected chi connectivity index (χ3v) is 1.63. The van der Waals surface area contributed by atoms with Crippen LogP contribution in [0, 0.1) is 0 Å². The van der Waals surface area contributed by atoms with Crippen LogP contribution in [0.25, 0.3) is 11.2 Å². The van der Waals surface area contributed by atoms with Crippen LogP contribution < -0.4 is 0 Å². The van der Waals surface area contributed by atoms with Crippen LogP contribution in [0.3, 0.4) is 0 Å². The van der Waals surface area contributed by atoms with Gasteiger partial charge in [-0.3, -0.25) is 4.39 Å². The normalized spacial score (nSPS) is 10.8. The Bertz CT molecular complexity index is 384. The number of imidazole rings is 1. The fourth-order valence-corrected chi connectivity index (χ4v) is 1.09. The van der Waals surface area contributed by atoms with Crippen LogP contribution in [0.2, 0.25) is 0 Å². The van der Waals surface area contributed by atoms with Crippen molar-refractivity contribution in [3.8, 4) is 0 Å². The quantitative estimate of drug-likeness (QED) is 0.720. The van der Waals surface area contributed by atoms with Crippen molar-refractivity contribution < 1.29 is 4.39 Å². The molecule has 0 aliphatic heterocycles. The molecule has 0 fully saturated rings. The Balaban J connectivity index is 2.57. The number of aromatic nitrogens is 4. The average molecular weight is 166 g/mol. The highest BCUT2D eigenvalue weighted by Gasteiger charge is 2.03. The highest BCUT2D eigenvalue weighted by atomic mass is 19.1. The second kappa shape index (κ2) is 2.84. The number of hydrogen-bond acceptors (Lipinski definition) is 3. The van der Waals surface area contributed by atoms with E-state index < -0.39 is 6.67 Å². The Morgan fingerprint density at radius 2 is 2.25 bits per heavy atom. The molecule has 5 heteroatoms. The summed E-state index contributed by atoms with van der Waals surface area (Å²) in [4.78, 5) is 14.7. The minimum absolute atomic E-state index is 0.307. The minimum Gasteiger partial charge on any atom is -0.342 e. The summed E-state index contributed by atoms with van der Waals surface area (Å²) in [6, 6.07) is 0. The van der Waals surface area contributed by atoms with E-state index in [0.717, 1.165) is 5.52 Å². The van der Waals surface area contributed by atoms with Crippen LogP contribution in [0.4, 0.5) is 4.39 Å². The topological polar surface area (TPSA) is 54.5 Å². The largest absolute Gasteiger partial charge is 0.342 e. The Morgan fingerprint density at radius 1 is 1.33 bits per heavy atom. The van der Waals surface area contributed by atoms with Gasteiger partial charge in [0.15, 0.2) is 5.65 Å².